The summed E-state index contributed by atoms with van der Waals surface area (Å²) in [5.41, 5.74) is 7.78. The van der Waals surface area contributed by atoms with Crippen LogP contribution in [0.5, 0.6) is 0 Å². The number of nitro benzene ring substituents is 1. The summed E-state index contributed by atoms with van der Waals surface area (Å²) in [6.07, 6.45) is 4.42. The molecule has 3 rings (SSSR count). The topological polar surface area (TPSA) is 98.3 Å². The van der Waals surface area contributed by atoms with E-state index in [1.54, 1.807) is 6.92 Å². The first-order valence-corrected chi connectivity index (χ1v) is 8.53. The van der Waals surface area contributed by atoms with Crippen molar-refractivity contribution in [3.05, 3.63) is 68.5 Å². The van der Waals surface area contributed by atoms with Gasteiger partial charge in [0.2, 0.25) is 0 Å². The average molecular weight is 357 g/mol. The van der Waals surface area contributed by atoms with Crippen LogP contribution in [0.25, 0.3) is 0 Å². The zero-order valence-electron chi connectivity index (χ0n) is 14.4. The highest BCUT2D eigenvalue weighted by Crippen LogP contribution is 2.27. The lowest BCUT2D eigenvalue weighted by molar-refractivity contribution is -0.384. The number of rotatable bonds is 4. The molecule has 1 atom stereocenters. The van der Waals surface area contributed by atoms with E-state index in [1.807, 2.05) is 6.07 Å². The number of hydrogen-bond donors (Lipinski definition) is 2. The standard InChI is InChI=1S/C19H20FN3O3/c1-11(13-7-6-12-4-2-3-5-14(12)8-13)22-19(24)15-9-18(23(25)26)17(21)10-16(15)20/h6-11H,2-5,21H2,1H3,(H,22,24)/t11-/m0/s1. The second-order valence-electron chi connectivity index (χ2n) is 6.58. The van der Waals surface area contributed by atoms with Gasteiger partial charge in [0, 0.05) is 12.1 Å². The molecule has 0 heterocycles. The molecule has 1 aliphatic rings. The summed E-state index contributed by atoms with van der Waals surface area (Å²) in [6.45, 7) is 1.80. The number of benzene rings is 2. The summed E-state index contributed by atoms with van der Waals surface area (Å²) in [4.78, 5) is 22.6. The van der Waals surface area contributed by atoms with Crippen LogP contribution in [0.3, 0.4) is 0 Å². The number of carbonyl (C=O) groups is 1. The maximum atomic E-state index is 14.1. The molecule has 6 nitrogen and oxygen atoms in total. The van der Waals surface area contributed by atoms with Gasteiger partial charge in [-0.3, -0.25) is 14.9 Å². The van der Waals surface area contributed by atoms with Crippen molar-refractivity contribution in [3.63, 3.8) is 0 Å². The van der Waals surface area contributed by atoms with Crippen molar-refractivity contribution in [2.75, 3.05) is 5.73 Å². The van der Waals surface area contributed by atoms with Gasteiger partial charge in [-0.05, 0) is 49.3 Å². The maximum Gasteiger partial charge on any atom is 0.293 e. The fraction of sp³-hybridized carbons (Fsp3) is 0.316. The zero-order chi connectivity index (χ0) is 18.8. The van der Waals surface area contributed by atoms with Crippen LogP contribution in [-0.4, -0.2) is 10.8 Å². The lowest BCUT2D eigenvalue weighted by atomic mass is 9.89. The van der Waals surface area contributed by atoms with Gasteiger partial charge >= 0.3 is 0 Å². The highest BCUT2D eigenvalue weighted by molar-refractivity contribution is 5.96. The van der Waals surface area contributed by atoms with Crippen LogP contribution in [-0.2, 0) is 12.8 Å². The van der Waals surface area contributed by atoms with E-state index >= 15 is 0 Å². The van der Waals surface area contributed by atoms with E-state index in [1.165, 1.54) is 17.5 Å². The third-order valence-corrected chi connectivity index (χ3v) is 4.78. The van der Waals surface area contributed by atoms with Crippen molar-refractivity contribution >= 4 is 17.3 Å². The number of aryl methyl sites for hydroxylation is 2. The van der Waals surface area contributed by atoms with E-state index in [9.17, 15) is 19.3 Å². The van der Waals surface area contributed by atoms with Crippen molar-refractivity contribution in [1.29, 1.82) is 0 Å². The van der Waals surface area contributed by atoms with Crippen LogP contribution in [0, 0.1) is 15.9 Å². The molecule has 1 aliphatic carbocycles. The van der Waals surface area contributed by atoms with Crippen LogP contribution >= 0.6 is 0 Å². The number of nitrogens with two attached hydrogens (primary N) is 1. The lowest BCUT2D eigenvalue weighted by Crippen LogP contribution is -2.28. The predicted octanol–water partition coefficient (Wildman–Crippen LogP) is 3.69. The van der Waals surface area contributed by atoms with Gasteiger partial charge in [0.15, 0.2) is 0 Å². The molecule has 26 heavy (non-hydrogen) atoms. The first-order valence-electron chi connectivity index (χ1n) is 8.53. The third kappa shape index (κ3) is 3.51. The number of carbonyl (C=O) groups excluding carboxylic acids is 1. The van der Waals surface area contributed by atoms with Gasteiger partial charge in [-0.25, -0.2) is 4.39 Å². The number of anilines is 1. The molecule has 7 heteroatoms. The van der Waals surface area contributed by atoms with Crippen molar-refractivity contribution in [3.8, 4) is 0 Å². The molecule has 0 bridgehead atoms. The van der Waals surface area contributed by atoms with Gasteiger partial charge in [-0.1, -0.05) is 18.2 Å². The Morgan fingerprint density at radius 3 is 2.62 bits per heavy atom. The summed E-state index contributed by atoms with van der Waals surface area (Å²) in [5.74, 6) is -1.60. The fourth-order valence-corrected chi connectivity index (χ4v) is 3.29. The Hall–Kier alpha value is -2.96. The predicted molar refractivity (Wildman–Crippen MR) is 96.4 cm³/mol. The first kappa shape index (κ1) is 17.8. The Morgan fingerprint density at radius 2 is 1.92 bits per heavy atom. The van der Waals surface area contributed by atoms with E-state index in [2.05, 4.69) is 17.4 Å². The minimum absolute atomic E-state index is 0.313. The number of amides is 1. The van der Waals surface area contributed by atoms with E-state index < -0.39 is 27.9 Å². The van der Waals surface area contributed by atoms with Crippen LogP contribution in [0.15, 0.2) is 30.3 Å². The molecule has 0 unspecified atom stereocenters. The molecule has 0 aliphatic heterocycles. The zero-order valence-corrected chi connectivity index (χ0v) is 14.4. The van der Waals surface area contributed by atoms with Crippen molar-refractivity contribution in [1.82, 2.24) is 5.32 Å². The van der Waals surface area contributed by atoms with Gasteiger partial charge in [0.25, 0.3) is 11.6 Å². The molecule has 0 aromatic heterocycles. The number of nitrogen functional groups attached to an aromatic ring is 1. The van der Waals surface area contributed by atoms with Gasteiger partial charge < -0.3 is 11.1 Å². The minimum Gasteiger partial charge on any atom is -0.393 e. The normalized spacial score (nSPS) is 14.4. The number of nitro groups is 1. The molecule has 0 spiro atoms. The summed E-state index contributed by atoms with van der Waals surface area (Å²) in [6, 6.07) is 7.42. The number of nitrogens with one attached hydrogen (secondary N) is 1. The average Bonchev–Trinajstić information content (AvgIpc) is 2.60. The van der Waals surface area contributed by atoms with Gasteiger partial charge in [-0.15, -0.1) is 0 Å². The van der Waals surface area contributed by atoms with Gasteiger partial charge in [0.05, 0.1) is 16.5 Å². The third-order valence-electron chi connectivity index (χ3n) is 4.78. The molecule has 2 aromatic rings. The van der Waals surface area contributed by atoms with Crippen LogP contribution < -0.4 is 11.1 Å². The summed E-state index contributed by atoms with van der Waals surface area (Å²) >= 11 is 0. The van der Waals surface area contributed by atoms with Crippen molar-refractivity contribution < 1.29 is 14.1 Å². The summed E-state index contributed by atoms with van der Waals surface area (Å²) in [7, 11) is 0. The monoisotopic (exact) mass is 357 g/mol. The first-order chi connectivity index (χ1) is 12.4. The molecule has 1 amide bonds. The second kappa shape index (κ2) is 7.11. The number of nitrogens with zero attached hydrogens (tertiary/aromatic N) is 1. The van der Waals surface area contributed by atoms with E-state index in [0.29, 0.717) is 0 Å². The van der Waals surface area contributed by atoms with Gasteiger partial charge in [0.1, 0.15) is 11.5 Å². The number of hydrogen-bond acceptors (Lipinski definition) is 4. The fourth-order valence-electron chi connectivity index (χ4n) is 3.29. The second-order valence-corrected chi connectivity index (χ2v) is 6.58. The molecule has 0 fully saturated rings. The number of fused-ring (bicyclic) bond motifs is 1. The van der Waals surface area contributed by atoms with Crippen LogP contribution in [0.4, 0.5) is 15.8 Å². The molecule has 3 N–H and O–H groups in total. The van der Waals surface area contributed by atoms with Crippen molar-refractivity contribution in [2.45, 2.75) is 38.6 Å². The van der Waals surface area contributed by atoms with Crippen LogP contribution in [0.1, 0.15) is 52.9 Å². The molecule has 0 saturated carbocycles. The van der Waals surface area contributed by atoms with E-state index in [4.69, 9.17) is 5.73 Å². The number of halogens is 1. The Kier molecular flexibility index (Phi) is 4.88. The summed E-state index contributed by atoms with van der Waals surface area (Å²) in [5, 5.41) is 13.7. The smallest absolute Gasteiger partial charge is 0.293 e. The molecular formula is C19H20FN3O3. The van der Waals surface area contributed by atoms with E-state index in [0.717, 1.165) is 37.0 Å². The largest absolute Gasteiger partial charge is 0.393 e. The summed E-state index contributed by atoms with van der Waals surface area (Å²) < 4.78 is 14.1. The van der Waals surface area contributed by atoms with Crippen LogP contribution in [0.2, 0.25) is 0 Å². The van der Waals surface area contributed by atoms with Gasteiger partial charge in [-0.2, -0.15) is 0 Å². The molecular weight excluding hydrogens is 337 g/mol. The minimum atomic E-state index is -0.886. The highest BCUT2D eigenvalue weighted by atomic mass is 19.1. The van der Waals surface area contributed by atoms with Crippen molar-refractivity contribution in [2.24, 2.45) is 0 Å². The molecule has 2 aromatic carbocycles. The Balaban J connectivity index is 1.81. The Bertz CT molecular complexity index is 883. The SMILES string of the molecule is C[C@H](NC(=O)c1cc([N+](=O)[O-])c(N)cc1F)c1ccc2c(c1)CCCC2. The maximum absolute atomic E-state index is 14.1. The Labute approximate surface area is 150 Å². The highest BCUT2D eigenvalue weighted by Gasteiger charge is 2.22. The molecule has 0 radical (unpaired) electrons. The quantitative estimate of drug-likeness (QED) is 0.495. The lowest BCUT2D eigenvalue weighted by Gasteiger charge is -2.20. The Morgan fingerprint density at radius 1 is 1.23 bits per heavy atom. The molecule has 136 valence electrons. The molecule has 0 saturated heterocycles. The van der Waals surface area contributed by atoms with E-state index in [-0.39, 0.29) is 11.7 Å².